The van der Waals surface area contributed by atoms with E-state index in [2.05, 4.69) is 32.7 Å². The van der Waals surface area contributed by atoms with Crippen LogP contribution in [0.3, 0.4) is 0 Å². The van der Waals surface area contributed by atoms with Gasteiger partial charge in [-0.3, -0.25) is 4.98 Å². The standard InChI is InChI=1S/C17H27NO/c1-12(2)10-13(3)11-19-16-8-9-18-15-7-5-6-14(4)17(15)16/h8-9,12-14H,5-7,10-11H2,1-4H3/t13-,14-/m1/s1. The van der Waals surface area contributed by atoms with Crippen LogP contribution in [0.25, 0.3) is 0 Å². The van der Waals surface area contributed by atoms with E-state index < -0.39 is 0 Å². The second kappa shape index (κ2) is 6.40. The summed E-state index contributed by atoms with van der Waals surface area (Å²) in [4.78, 5) is 4.53. The monoisotopic (exact) mass is 261 g/mol. The first-order chi connectivity index (χ1) is 9.08. The first kappa shape index (κ1) is 14.4. The van der Waals surface area contributed by atoms with Gasteiger partial charge in [0.05, 0.1) is 6.61 Å². The highest BCUT2D eigenvalue weighted by Gasteiger charge is 2.22. The second-order valence-electron chi connectivity index (χ2n) is 6.51. The molecule has 1 aliphatic carbocycles. The van der Waals surface area contributed by atoms with Crippen LogP contribution in [0.4, 0.5) is 0 Å². The van der Waals surface area contributed by atoms with Crippen molar-refractivity contribution >= 4 is 0 Å². The molecule has 0 saturated carbocycles. The first-order valence-corrected chi connectivity index (χ1v) is 7.68. The lowest BCUT2D eigenvalue weighted by atomic mass is 9.86. The molecule has 0 saturated heterocycles. The van der Waals surface area contributed by atoms with E-state index in [1.54, 1.807) is 0 Å². The lowest BCUT2D eigenvalue weighted by Gasteiger charge is -2.25. The van der Waals surface area contributed by atoms with Gasteiger partial charge >= 0.3 is 0 Å². The summed E-state index contributed by atoms with van der Waals surface area (Å²) < 4.78 is 6.10. The van der Waals surface area contributed by atoms with E-state index in [-0.39, 0.29) is 0 Å². The predicted octanol–water partition coefficient (Wildman–Crippen LogP) is 4.58. The SMILES string of the molecule is CC(C)C[C@@H](C)COc1ccnc2c1[C@H](C)CCC2. The number of fused-ring (bicyclic) bond motifs is 1. The number of rotatable bonds is 5. The molecule has 106 valence electrons. The molecule has 0 fully saturated rings. The fourth-order valence-corrected chi connectivity index (χ4v) is 3.17. The highest BCUT2D eigenvalue weighted by molar-refractivity contribution is 5.40. The highest BCUT2D eigenvalue weighted by atomic mass is 16.5. The number of pyridine rings is 1. The molecule has 0 spiro atoms. The number of aromatic nitrogens is 1. The zero-order chi connectivity index (χ0) is 13.8. The first-order valence-electron chi connectivity index (χ1n) is 7.68. The molecule has 1 aromatic heterocycles. The van der Waals surface area contributed by atoms with Gasteiger partial charge < -0.3 is 4.74 Å². The van der Waals surface area contributed by atoms with Gasteiger partial charge in [0.1, 0.15) is 5.75 Å². The van der Waals surface area contributed by atoms with Crippen LogP contribution < -0.4 is 4.74 Å². The van der Waals surface area contributed by atoms with Gasteiger partial charge in [0.25, 0.3) is 0 Å². The van der Waals surface area contributed by atoms with E-state index in [4.69, 9.17) is 4.74 Å². The van der Waals surface area contributed by atoms with Gasteiger partial charge in [0.2, 0.25) is 0 Å². The van der Waals surface area contributed by atoms with Gasteiger partial charge in [-0.2, -0.15) is 0 Å². The molecule has 19 heavy (non-hydrogen) atoms. The van der Waals surface area contributed by atoms with Crippen molar-refractivity contribution in [3.05, 3.63) is 23.5 Å². The molecule has 0 amide bonds. The summed E-state index contributed by atoms with van der Waals surface area (Å²) in [7, 11) is 0. The molecular formula is C17H27NO. The Kier molecular flexibility index (Phi) is 4.84. The third-order valence-corrected chi connectivity index (χ3v) is 3.97. The number of ether oxygens (including phenoxy) is 1. The number of nitrogens with zero attached hydrogens (tertiary/aromatic N) is 1. The van der Waals surface area contributed by atoms with E-state index in [0.29, 0.717) is 11.8 Å². The van der Waals surface area contributed by atoms with Crippen LogP contribution in [-0.4, -0.2) is 11.6 Å². The third-order valence-electron chi connectivity index (χ3n) is 3.97. The molecule has 0 N–H and O–H groups in total. The molecule has 1 heterocycles. The average Bonchev–Trinajstić information content (AvgIpc) is 2.35. The topological polar surface area (TPSA) is 22.1 Å². The molecule has 0 bridgehead atoms. The van der Waals surface area contributed by atoms with Crippen molar-refractivity contribution in [2.24, 2.45) is 11.8 Å². The number of hydrogen-bond acceptors (Lipinski definition) is 2. The minimum absolute atomic E-state index is 0.591. The van der Waals surface area contributed by atoms with E-state index >= 15 is 0 Å². The molecule has 2 nitrogen and oxygen atoms in total. The Hall–Kier alpha value is -1.05. The normalized spacial score (nSPS) is 20.2. The van der Waals surface area contributed by atoms with Gasteiger partial charge in [0.15, 0.2) is 0 Å². The van der Waals surface area contributed by atoms with Gasteiger partial charge in [-0.25, -0.2) is 0 Å². The quantitative estimate of drug-likeness (QED) is 0.774. The molecule has 0 radical (unpaired) electrons. The molecule has 0 aromatic carbocycles. The molecule has 2 rings (SSSR count). The number of aryl methyl sites for hydroxylation is 1. The maximum Gasteiger partial charge on any atom is 0.126 e. The summed E-state index contributed by atoms with van der Waals surface area (Å²) in [5.41, 5.74) is 2.62. The molecule has 2 atom stereocenters. The zero-order valence-electron chi connectivity index (χ0n) is 12.8. The Morgan fingerprint density at radius 1 is 1.37 bits per heavy atom. The van der Waals surface area contributed by atoms with Crippen LogP contribution in [0.2, 0.25) is 0 Å². The second-order valence-corrected chi connectivity index (χ2v) is 6.51. The average molecular weight is 261 g/mol. The van der Waals surface area contributed by atoms with E-state index in [1.807, 2.05) is 12.3 Å². The molecule has 0 unspecified atom stereocenters. The Morgan fingerprint density at radius 2 is 2.16 bits per heavy atom. The maximum atomic E-state index is 6.10. The van der Waals surface area contributed by atoms with Gasteiger partial charge in [0, 0.05) is 17.5 Å². The fraction of sp³-hybridized carbons (Fsp3) is 0.706. The van der Waals surface area contributed by atoms with Crippen molar-refractivity contribution < 1.29 is 4.74 Å². The molecule has 2 heteroatoms. The summed E-state index contributed by atoms with van der Waals surface area (Å²) in [5.74, 6) is 3.02. The van der Waals surface area contributed by atoms with Crippen LogP contribution in [0, 0.1) is 11.8 Å². The smallest absolute Gasteiger partial charge is 0.126 e. The highest BCUT2D eigenvalue weighted by Crippen LogP contribution is 2.36. The van der Waals surface area contributed by atoms with Crippen molar-refractivity contribution in [3.63, 3.8) is 0 Å². The lowest BCUT2D eigenvalue weighted by Crippen LogP contribution is -2.15. The van der Waals surface area contributed by atoms with Gasteiger partial charge in [-0.15, -0.1) is 0 Å². The molecule has 1 aromatic rings. The summed E-state index contributed by atoms with van der Waals surface area (Å²) in [6.07, 6.45) is 6.76. The largest absolute Gasteiger partial charge is 0.493 e. The number of hydrogen-bond donors (Lipinski definition) is 0. The van der Waals surface area contributed by atoms with Gasteiger partial charge in [-0.05, 0) is 49.5 Å². The van der Waals surface area contributed by atoms with Crippen molar-refractivity contribution in [3.8, 4) is 5.75 Å². The zero-order valence-corrected chi connectivity index (χ0v) is 12.8. The van der Waals surface area contributed by atoms with Crippen LogP contribution in [0.15, 0.2) is 12.3 Å². The molecular weight excluding hydrogens is 234 g/mol. The minimum atomic E-state index is 0.591. The summed E-state index contributed by atoms with van der Waals surface area (Å²) in [6, 6.07) is 2.04. The Morgan fingerprint density at radius 3 is 2.89 bits per heavy atom. The van der Waals surface area contributed by atoms with Crippen LogP contribution >= 0.6 is 0 Å². The fourth-order valence-electron chi connectivity index (χ4n) is 3.17. The summed E-state index contributed by atoms with van der Waals surface area (Å²) in [5, 5.41) is 0. The van der Waals surface area contributed by atoms with Crippen molar-refractivity contribution in [1.29, 1.82) is 0 Å². The van der Waals surface area contributed by atoms with Crippen LogP contribution in [0.1, 0.15) is 64.1 Å². The van der Waals surface area contributed by atoms with Crippen LogP contribution in [-0.2, 0) is 6.42 Å². The Labute approximate surface area is 117 Å². The minimum Gasteiger partial charge on any atom is -0.493 e. The Balaban J connectivity index is 2.04. The predicted molar refractivity (Wildman–Crippen MR) is 79.7 cm³/mol. The van der Waals surface area contributed by atoms with E-state index in [0.717, 1.165) is 24.7 Å². The van der Waals surface area contributed by atoms with Crippen molar-refractivity contribution in [2.45, 2.75) is 59.3 Å². The summed E-state index contributed by atoms with van der Waals surface area (Å²) >= 11 is 0. The molecule has 0 aliphatic heterocycles. The van der Waals surface area contributed by atoms with Crippen molar-refractivity contribution in [1.82, 2.24) is 4.98 Å². The van der Waals surface area contributed by atoms with Crippen LogP contribution in [0.5, 0.6) is 5.75 Å². The van der Waals surface area contributed by atoms with Gasteiger partial charge in [-0.1, -0.05) is 27.7 Å². The Bertz CT molecular complexity index is 414. The van der Waals surface area contributed by atoms with E-state index in [9.17, 15) is 0 Å². The van der Waals surface area contributed by atoms with Crippen molar-refractivity contribution in [2.75, 3.05) is 6.61 Å². The summed E-state index contributed by atoms with van der Waals surface area (Å²) in [6.45, 7) is 9.93. The lowest BCUT2D eigenvalue weighted by molar-refractivity contribution is 0.235. The maximum absolute atomic E-state index is 6.10. The van der Waals surface area contributed by atoms with E-state index in [1.165, 1.54) is 30.5 Å². The third kappa shape index (κ3) is 3.71. The molecule has 1 aliphatic rings.